The third-order valence-corrected chi connectivity index (χ3v) is 3.93. The first-order valence-electron chi connectivity index (χ1n) is 7.53. The van der Waals surface area contributed by atoms with E-state index in [1.54, 1.807) is 0 Å². The largest absolute Gasteiger partial charge is 0.380 e. The Kier molecular flexibility index (Phi) is 3.31. The minimum absolute atomic E-state index is 0.506. The van der Waals surface area contributed by atoms with Crippen LogP contribution < -0.4 is 4.90 Å². The maximum atomic E-state index is 5.47. The molecule has 6 heteroatoms. The normalized spacial score (nSPS) is 19.5. The monoisotopic (exact) mass is 286 g/mol. The van der Waals surface area contributed by atoms with Gasteiger partial charge in [-0.3, -0.25) is 0 Å². The maximum absolute atomic E-state index is 5.47. The fourth-order valence-electron chi connectivity index (χ4n) is 2.53. The van der Waals surface area contributed by atoms with Crippen molar-refractivity contribution in [3.05, 3.63) is 24.2 Å². The lowest BCUT2D eigenvalue weighted by molar-refractivity contribution is 0.152. The zero-order chi connectivity index (χ0) is 14.1. The van der Waals surface area contributed by atoms with Crippen LogP contribution in [-0.4, -0.2) is 41.4 Å². The highest BCUT2D eigenvalue weighted by molar-refractivity contribution is 5.54. The molecule has 1 saturated heterocycles. The lowest BCUT2D eigenvalue weighted by Crippen LogP contribution is -2.26. The van der Waals surface area contributed by atoms with Crippen molar-refractivity contribution in [1.82, 2.24) is 15.1 Å². The number of hydrogen-bond donors (Lipinski definition) is 0. The topological polar surface area (TPSA) is 64.3 Å². The van der Waals surface area contributed by atoms with Gasteiger partial charge in [0.15, 0.2) is 5.82 Å². The van der Waals surface area contributed by atoms with Gasteiger partial charge in [-0.2, -0.15) is 4.98 Å². The first-order valence-corrected chi connectivity index (χ1v) is 7.53. The van der Waals surface area contributed by atoms with Gasteiger partial charge in [0, 0.05) is 31.8 Å². The number of anilines is 1. The Balaban J connectivity index is 1.51. The molecule has 0 spiro atoms. The SMILES string of the molecule is c1cc(N2CCCOCC2)ncc1-c1nc(C2CC2)no1. The summed E-state index contributed by atoms with van der Waals surface area (Å²) < 4.78 is 10.8. The van der Waals surface area contributed by atoms with Gasteiger partial charge in [-0.05, 0) is 31.4 Å². The van der Waals surface area contributed by atoms with Crippen molar-refractivity contribution in [1.29, 1.82) is 0 Å². The predicted octanol–water partition coefficient (Wildman–Crippen LogP) is 2.24. The van der Waals surface area contributed by atoms with Crippen LogP contribution in [0.2, 0.25) is 0 Å². The average molecular weight is 286 g/mol. The molecule has 21 heavy (non-hydrogen) atoms. The molecule has 0 N–H and O–H groups in total. The maximum Gasteiger partial charge on any atom is 0.259 e. The highest BCUT2D eigenvalue weighted by Gasteiger charge is 2.29. The third-order valence-electron chi connectivity index (χ3n) is 3.93. The van der Waals surface area contributed by atoms with Crippen LogP contribution in [0, 0.1) is 0 Å². The number of aromatic nitrogens is 3. The summed E-state index contributed by atoms with van der Waals surface area (Å²) in [6, 6.07) is 4.01. The fourth-order valence-corrected chi connectivity index (χ4v) is 2.53. The molecule has 2 fully saturated rings. The molecule has 2 aromatic rings. The second-order valence-corrected chi connectivity index (χ2v) is 5.59. The molecule has 2 aliphatic rings. The van der Waals surface area contributed by atoms with Gasteiger partial charge in [0.2, 0.25) is 0 Å². The molecule has 2 aromatic heterocycles. The number of pyridine rings is 1. The molecule has 1 saturated carbocycles. The highest BCUT2D eigenvalue weighted by Crippen LogP contribution is 2.38. The van der Waals surface area contributed by atoms with Crippen molar-refractivity contribution in [3.63, 3.8) is 0 Å². The van der Waals surface area contributed by atoms with Crippen LogP contribution in [0.25, 0.3) is 11.5 Å². The summed E-state index contributed by atoms with van der Waals surface area (Å²) in [5, 5.41) is 4.04. The van der Waals surface area contributed by atoms with E-state index < -0.39 is 0 Å². The third kappa shape index (κ3) is 2.76. The van der Waals surface area contributed by atoms with Gasteiger partial charge in [-0.25, -0.2) is 4.98 Å². The van der Waals surface area contributed by atoms with Crippen molar-refractivity contribution in [3.8, 4) is 11.5 Å². The summed E-state index contributed by atoms with van der Waals surface area (Å²) in [4.78, 5) is 11.2. The standard InChI is InChI=1S/C15H18N4O2/c1-6-19(7-9-20-8-1)13-5-4-12(10-16-13)15-17-14(18-21-15)11-2-3-11/h4-5,10-11H,1-3,6-9H2. The Morgan fingerprint density at radius 2 is 2.10 bits per heavy atom. The van der Waals surface area contributed by atoms with Gasteiger partial charge in [-0.15, -0.1) is 0 Å². The van der Waals surface area contributed by atoms with Crippen molar-refractivity contribution in [2.45, 2.75) is 25.2 Å². The first kappa shape index (κ1) is 12.8. The summed E-state index contributed by atoms with van der Waals surface area (Å²) in [5.41, 5.74) is 0.879. The van der Waals surface area contributed by atoms with Crippen LogP contribution in [0.4, 0.5) is 5.82 Å². The van der Waals surface area contributed by atoms with E-state index in [-0.39, 0.29) is 0 Å². The average Bonchev–Trinajstić information content (AvgIpc) is 3.31. The van der Waals surface area contributed by atoms with Crippen molar-refractivity contribution in [2.24, 2.45) is 0 Å². The quantitative estimate of drug-likeness (QED) is 0.862. The second-order valence-electron chi connectivity index (χ2n) is 5.59. The molecule has 0 amide bonds. The second kappa shape index (κ2) is 5.44. The Morgan fingerprint density at radius 1 is 1.14 bits per heavy atom. The molecule has 0 bridgehead atoms. The zero-order valence-corrected chi connectivity index (χ0v) is 11.9. The van der Waals surface area contributed by atoms with Crippen LogP contribution in [-0.2, 0) is 4.74 Å². The Labute approximate surface area is 123 Å². The van der Waals surface area contributed by atoms with Crippen molar-refractivity contribution in [2.75, 3.05) is 31.2 Å². The van der Waals surface area contributed by atoms with Gasteiger partial charge in [0.05, 0.1) is 12.2 Å². The Morgan fingerprint density at radius 3 is 2.90 bits per heavy atom. The molecule has 0 radical (unpaired) electrons. The van der Waals surface area contributed by atoms with Gasteiger partial charge in [-0.1, -0.05) is 5.16 Å². The van der Waals surface area contributed by atoms with Gasteiger partial charge in [0.25, 0.3) is 5.89 Å². The lowest BCUT2D eigenvalue weighted by atomic mass is 10.2. The van der Waals surface area contributed by atoms with Crippen LogP contribution in [0.5, 0.6) is 0 Å². The molecule has 0 atom stereocenters. The summed E-state index contributed by atoms with van der Waals surface area (Å²) in [6.45, 7) is 3.47. The van der Waals surface area contributed by atoms with Gasteiger partial charge >= 0.3 is 0 Å². The summed E-state index contributed by atoms with van der Waals surface area (Å²) in [7, 11) is 0. The molecular formula is C15H18N4O2. The van der Waals surface area contributed by atoms with Crippen LogP contribution in [0.1, 0.15) is 31.0 Å². The van der Waals surface area contributed by atoms with E-state index in [2.05, 4.69) is 20.0 Å². The van der Waals surface area contributed by atoms with Gasteiger partial charge < -0.3 is 14.2 Å². The highest BCUT2D eigenvalue weighted by atomic mass is 16.5. The summed E-state index contributed by atoms with van der Waals surface area (Å²) >= 11 is 0. The molecule has 0 unspecified atom stereocenters. The van der Waals surface area contributed by atoms with E-state index in [1.165, 1.54) is 12.8 Å². The first-order chi connectivity index (χ1) is 10.4. The van der Waals surface area contributed by atoms with E-state index in [0.29, 0.717) is 11.8 Å². The summed E-state index contributed by atoms with van der Waals surface area (Å²) in [6.07, 6.45) is 5.20. The number of rotatable bonds is 3. The zero-order valence-electron chi connectivity index (χ0n) is 11.9. The predicted molar refractivity (Wildman–Crippen MR) is 77.2 cm³/mol. The molecule has 1 aliphatic carbocycles. The Bertz CT molecular complexity index is 598. The fraction of sp³-hybridized carbons (Fsp3) is 0.533. The molecule has 110 valence electrons. The van der Waals surface area contributed by atoms with Gasteiger partial charge in [0.1, 0.15) is 5.82 Å². The number of hydrogen-bond acceptors (Lipinski definition) is 6. The van der Waals surface area contributed by atoms with Crippen LogP contribution in [0.3, 0.4) is 0 Å². The van der Waals surface area contributed by atoms with Crippen LogP contribution in [0.15, 0.2) is 22.9 Å². The Hall–Kier alpha value is -1.95. The van der Waals surface area contributed by atoms with Crippen molar-refractivity contribution < 1.29 is 9.26 Å². The molecular weight excluding hydrogens is 268 g/mol. The smallest absolute Gasteiger partial charge is 0.259 e. The van der Waals surface area contributed by atoms with E-state index in [9.17, 15) is 0 Å². The summed E-state index contributed by atoms with van der Waals surface area (Å²) in [5.74, 6) is 2.88. The molecule has 1 aliphatic heterocycles. The minimum Gasteiger partial charge on any atom is -0.380 e. The minimum atomic E-state index is 0.506. The number of nitrogens with zero attached hydrogens (tertiary/aromatic N) is 4. The van der Waals surface area contributed by atoms with E-state index in [0.717, 1.165) is 49.9 Å². The van der Waals surface area contributed by atoms with E-state index in [1.807, 2.05) is 18.3 Å². The van der Waals surface area contributed by atoms with E-state index >= 15 is 0 Å². The lowest BCUT2D eigenvalue weighted by Gasteiger charge is -2.20. The van der Waals surface area contributed by atoms with Crippen molar-refractivity contribution >= 4 is 5.82 Å². The van der Waals surface area contributed by atoms with Crippen LogP contribution >= 0.6 is 0 Å². The molecule has 0 aromatic carbocycles. The molecule has 6 nitrogen and oxygen atoms in total. The number of ether oxygens (including phenoxy) is 1. The molecule has 3 heterocycles. The molecule has 4 rings (SSSR count). The van der Waals surface area contributed by atoms with E-state index in [4.69, 9.17) is 9.26 Å².